The van der Waals surface area contributed by atoms with Crippen molar-refractivity contribution >= 4 is 11.9 Å². The van der Waals surface area contributed by atoms with E-state index in [2.05, 4.69) is 13.8 Å². The van der Waals surface area contributed by atoms with Gasteiger partial charge >= 0.3 is 11.9 Å². The molecule has 4 nitrogen and oxygen atoms in total. The van der Waals surface area contributed by atoms with Gasteiger partial charge in [0, 0.05) is 12.8 Å². The van der Waals surface area contributed by atoms with Crippen molar-refractivity contribution in [3.05, 3.63) is 0 Å². The summed E-state index contributed by atoms with van der Waals surface area (Å²) in [7, 11) is 0. The van der Waals surface area contributed by atoms with E-state index in [-0.39, 0.29) is 11.9 Å². The van der Waals surface area contributed by atoms with Crippen molar-refractivity contribution in [2.75, 3.05) is 13.2 Å². The van der Waals surface area contributed by atoms with Gasteiger partial charge in [-0.2, -0.15) is 0 Å². The Bertz CT molecular complexity index is 381. The zero-order chi connectivity index (χ0) is 22.1. The van der Waals surface area contributed by atoms with E-state index in [0.29, 0.717) is 32.5 Å². The van der Waals surface area contributed by atoms with Gasteiger partial charge in [0.25, 0.3) is 0 Å². The Morgan fingerprint density at radius 2 is 0.733 bits per heavy atom. The molecule has 0 unspecified atom stereocenters. The summed E-state index contributed by atoms with van der Waals surface area (Å²) in [5, 5.41) is 0. The van der Waals surface area contributed by atoms with Gasteiger partial charge in [0.05, 0.1) is 13.2 Å². The normalized spacial score (nSPS) is 10.9. The van der Waals surface area contributed by atoms with Gasteiger partial charge in [0.15, 0.2) is 0 Å². The molecule has 0 aliphatic carbocycles. The molecule has 0 aromatic carbocycles. The van der Waals surface area contributed by atoms with Crippen molar-refractivity contribution in [3.63, 3.8) is 0 Å². The van der Waals surface area contributed by atoms with Crippen molar-refractivity contribution < 1.29 is 19.1 Å². The number of carbonyl (C=O) groups is 2. The van der Waals surface area contributed by atoms with Crippen molar-refractivity contribution in [3.8, 4) is 0 Å². The van der Waals surface area contributed by atoms with Gasteiger partial charge in [-0.25, -0.2) is 0 Å². The maximum atomic E-state index is 11.7. The van der Waals surface area contributed by atoms with Crippen LogP contribution < -0.4 is 0 Å². The first-order chi connectivity index (χ1) is 14.7. The molecule has 0 fully saturated rings. The minimum atomic E-state index is -0.195. The minimum Gasteiger partial charge on any atom is -0.466 e. The summed E-state index contributed by atoms with van der Waals surface area (Å²) >= 11 is 0. The number of ether oxygens (including phenoxy) is 2. The third kappa shape index (κ3) is 23.2. The first-order valence-corrected chi connectivity index (χ1v) is 13.0. The Morgan fingerprint density at radius 3 is 1.07 bits per heavy atom. The molecule has 0 aromatic heterocycles. The Morgan fingerprint density at radius 1 is 0.433 bits per heavy atom. The van der Waals surface area contributed by atoms with E-state index < -0.39 is 0 Å². The average Bonchev–Trinajstić information content (AvgIpc) is 2.74. The monoisotopic (exact) mass is 426 g/mol. The first kappa shape index (κ1) is 28.9. The van der Waals surface area contributed by atoms with Gasteiger partial charge in [-0.15, -0.1) is 0 Å². The van der Waals surface area contributed by atoms with Gasteiger partial charge in [-0.05, 0) is 19.3 Å². The van der Waals surface area contributed by atoms with Crippen LogP contribution in [0.1, 0.15) is 142 Å². The fourth-order valence-corrected chi connectivity index (χ4v) is 3.54. The summed E-state index contributed by atoms with van der Waals surface area (Å²) in [4.78, 5) is 23.3. The number of hydrogen-bond acceptors (Lipinski definition) is 4. The molecule has 178 valence electrons. The van der Waals surface area contributed by atoms with Crippen molar-refractivity contribution in [1.29, 1.82) is 0 Å². The Hall–Kier alpha value is -1.06. The second kappa shape index (κ2) is 24.2. The quantitative estimate of drug-likeness (QED) is 0.123. The van der Waals surface area contributed by atoms with Crippen LogP contribution >= 0.6 is 0 Å². The van der Waals surface area contributed by atoms with E-state index in [1.807, 2.05) is 0 Å². The highest BCUT2D eigenvalue weighted by Crippen LogP contribution is 2.12. The van der Waals surface area contributed by atoms with Crippen LogP contribution in [0, 0.1) is 0 Å². The van der Waals surface area contributed by atoms with E-state index in [0.717, 1.165) is 25.7 Å². The number of esters is 2. The molecule has 0 aliphatic heterocycles. The lowest BCUT2D eigenvalue weighted by molar-refractivity contribution is -0.145. The highest BCUT2D eigenvalue weighted by atomic mass is 16.5. The summed E-state index contributed by atoms with van der Waals surface area (Å²) < 4.78 is 10.5. The zero-order valence-electron chi connectivity index (χ0n) is 20.2. The van der Waals surface area contributed by atoms with E-state index >= 15 is 0 Å². The predicted octanol–water partition coefficient (Wildman–Crippen LogP) is 7.91. The van der Waals surface area contributed by atoms with Crippen LogP contribution in [0.25, 0.3) is 0 Å². The number of carbonyl (C=O) groups excluding carboxylic acids is 2. The summed E-state index contributed by atoms with van der Waals surface area (Å²) in [6.07, 6.45) is 22.5. The second-order valence-corrected chi connectivity index (χ2v) is 8.60. The maximum absolute atomic E-state index is 11.7. The molecule has 0 saturated carbocycles. The number of hydrogen-bond donors (Lipinski definition) is 0. The molecule has 0 saturated heterocycles. The SMILES string of the molecule is CCCCCCCCCCCCCCOC(=O)CCCC(=O)OCCCCCCC. The molecule has 0 heterocycles. The Kier molecular flexibility index (Phi) is 23.4. The average molecular weight is 427 g/mol. The largest absolute Gasteiger partial charge is 0.466 e. The third-order valence-corrected chi connectivity index (χ3v) is 5.53. The molecule has 0 radical (unpaired) electrons. The van der Waals surface area contributed by atoms with Crippen molar-refractivity contribution in [2.45, 2.75) is 142 Å². The summed E-state index contributed by atoms with van der Waals surface area (Å²) in [6.45, 7) is 5.46. The maximum Gasteiger partial charge on any atom is 0.305 e. The van der Waals surface area contributed by atoms with Crippen molar-refractivity contribution in [1.82, 2.24) is 0 Å². The van der Waals surface area contributed by atoms with Gasteiger partial charge in [-0.3, -0.25) is 9.59 Å². The van der Waals surface area contributed by atoms with Crippen LogP contribution in [0.5, 0.6) is 0 Å². The Labute approximate surface area is 186 Å². The van der Waals surface area contributed by atoms with Gasteiger partial charge in [-0.1, -0.05) is 110 Å². The van der Waals surface area contributed by atoms with E-state index in [1.54, 1.807) is 0 Å². The zero-order valence-corrected chi connectivity index (χ0v) is 20.2. The summed E-state index contributed by atoms with van der Waals surface area (Å²) in [5.41, 5.74) is 0. The highest BCUT2D eigenvalue weighted by Gasteiger charge is 2.07. The van der Waals surface area contributed by atoms with Gasteiger partial charge < -0.3 is 9.47 Å². The molecule has 4 heteroatoms. The number of rotatable bonds is 23. The van der Waals surface area contributed by atoms with Crippen LogP contribution in [0.4, 0.5) is 0 Å². The molecule has 0 amide bonds. The highest BCUT2D eigenvalue weighted by molar-refractivity contribution is 5.72. The molecule has 0 rings (SSSR count). The molecule has 0 aromatic rings. The third-order valence-electron chi connectivity index (χ3n) is 5.53. The van der Waals surface area contributed by atoms with Crippen LogP contribution in [0.15, 0.2) is 0 Å². The topological polar surface area (TPSA) is 52.6 Å². The number of unbranched alkanes of at least 4 members (excludes halogenated alkanes) is 15. The molecule has 0 spiro atoms. The Balaban J connectivity index is 3.27. The molecule has 0 aliphatic rings. The first-order valence-electron chi connectivity index (χ1n) is 13.0. The van der Waals surface area contributed by atoms with E-state index in [1.165, 1.54) is 83.5 Å². The van der Waals surface area contributed by atoms with E-state index in [4.69, 9.17) is 9.47 Å². The predicted molar refractivity (Wildman–Crippen MR) is 126 cm³/mol. The van der Waals surface area contributed by atoms with Gasteiger partial charge in [0.1, 0.15) is 0 Å². The van der Waals surface area contributed by atoms with E-state index in [9.17, 15) is 9.59 Å². The lowest BCUT2D eigenvalue weighted by atomic mass is 10.1. The molecule has 0 atom stereocenters. The fraction of sp³-hybridized carbons (Fsp3) is 0.923. The lowest BCUT2D eigenvalue weighted by Crippen LogP contribution is -2.09. The van der Waals surface area contributed by atoms with Gasteiger partial charge in [0.2, 0.25) is 0 Å². The standard InChI is InChI=1S/C26H50O4/c1-3-5-7-9-10-11-12-13-14-15-17-19-24-30-26(28)22-20-21-25(27)29-23-18-16-8-6-4-2/h3-24H2,1-2H3. The van der Waals surface area contributed by atoms with Crippen LogP contribution in [0.2, 0.25) is 0 Å². The molecule has 30 heavy (non-hydrogen) atoms. The molecule has 0 bridgehead atoms. The lowest BCUT2D eigenvalue weighted by Gasteiger charge is -2.06. The van der Waals surface area contributed by atoms with Crippen LogP contribution in [-0.4, -0.2) is 25.2 Å². The molecular weight excluding hydrogens is 376 g/mol. The second-order valence-electron chi connectivity index (χ2n) is 8.60. The smallest absolute Gasteiger partial charge is 0.305 e. The van der Waals surface area contributed by atoms with Crippen molar-refractivity contribution in [2.24, 2.45) is 0 Å². The molecular formula is C26H50O4. The fourth-order valence-electron chi connectivity index (χ4n) is 3.54. The summed E-state index contributed by atoms with van der Waals surface area (Å²) in [6, 6.07) is 0. The van der Waals surface area contributed by atoms with Crippen LogP contribution in [-0.2, 0) is 19.1 Å². The summed E-state index contributed by atoms with van der Waals surface area (Å²) in [5.74, 6) is -0.385. The minimum absolute atomic E-state index is 0.189. The van der Waals surface area contributed by atoms with Crippen LogP contribution in [0.3, 0.4) is 0 Å². The molecule has 0 N–H and O–H groups in total.